The molecule has 2 aromatic heterocycles. The zero-order chi connectivity index (χ0) is 18.4. The van der Waals surface area contributed by atoms with Gasteiger partial charge < -0.3 is 9.80 Å². The molecular formula is C19H22N4OS2. The van der Waals surface area contributed by atoms with E-state index in [1.807, 2.05) is 18.7 Å². The van der Waals surface area contributed by atoms with Gasteiger partial charge in [0.25, 0.3) is 5.91 Å². The van der Waals surface area contributed by atoms with E-state index in [1.54, 1.807) is 11.3 Å². The number of carbonyl (C=O) groups is 1. The quantitative estimate of drug-likeness (QED) is 0.669. The molecule has 7 heteroatoms. The van der Waals surface area contributed by atoms with E-state index in [-0.39, 0.29) is 5.91 Å². The summed E-state index contributed by atoms with van der Waals surface area (Å²) in [6.45, 7) is 11.2. The average molecular weight is 387 g/mol. The number of nitrogens with zero attached hydrogens (tertiary/aromatic N) is 4. The summed E-state index contributed by atoms with van der Waals surface area (Å²) >= 11 is 3.25. The van der Waals surface area contributed by atoms with Gasteiger partial charge in [0.05, 0.1) is 20.9 Å². The van der Waals surface area contributed by atoms with Gasteiger partial charge in [-0.25, -0.2) is 9.97 Å². The monoisotopic (exact) mass is 386 g/mol. The summed E-state index contributed by atoms with van der Waals surface area (Å²) in [6.07, 6.45) is 0. The lowest BCUT2D eigenvalue weighted by molar-refractivity contribution is 0.0750. The largest absolute Gasteiger partial charge is 0.345 e. The number of carbonyl (C=O) groups excluding carboxylic acids is 1. The van der Waals surface area contributed by atoms with Gasteiger partial charge in [-0.1, -0.05) is 23.5 Å². The fraction of sp³-hybridized carbons (Fsp3) is 0.421. The van der Waals surface area contributed by atoms with E-state index in [1.165, 1.54) is 27.2 Å². The number of hydrogen-bond donors (Lipinski definition) is 0. The van der Waals surface area contributed by atoms with Gasteiger partial charge in [0.1, 0.15) is 4.88 Å². The van der Waals surface area contributed by atoms with Crippen LogP contribution in [0.4, 0.5) is 5.13 Å². The summed E-state index contributed by atoms with van der Waals surface area (Å²) in [5.41, 5.74) is 4.45. The molecule has 3 heterocycles. The van der Waals surface area contributed by atoms with Gasteiger partial charge in [-0.05, 0) is 38.8 Å². The van der Waals surface area contributed by atoms with Gasteiger partial charge in [0, 0.05) is 26.2 Å². The molecule has 26 heavy (non-hydrogen) atoms. The predicted octanol–water partition coefficient (Wildman–Crippen LogP) is 3.95. The van der Waals surface area contributed by atoms with Crippen LogP contribution in [0.3, 0.4) is 0 Å². The molecule has 4 rings (SSSR count). The number of anilines is 1. The van der Waals surface area contributed by atoms with Crippen LogP contribution >= 0.6 is 22.7 Å². The molecule has 0 N–H and O–H groups in total. The Balaban J connectivity index is 1.50. The second kappa shape index (κ2) is 6.63. The molecule has 3 aromatic rings. The van der Waals surface area contributed by atoms with Crippen molar-refractivity contribution >= 4 is 43.9 Å². The fourth-order valence-electron chi connectivity index (χ4n) is 3.36. The Morgan fingerprint density at radius 2 is 1.65 bits per heavy atom. The number of hydrogen-bond acceptors (Lipinski definition) is 6. The van der Waals surface area contributed by atoms with Gasteiger partial charge >= 0.3 is 0 Å². The second-order valence-corrected chi connectivity index (χ2v) is 8.98. The molecule has 1 fully saturated rings. The van der Waals surface area contributed by atoms with Crippen LogP contribution < -0.4 is 4.90 Å². The number of fused-ring (bicyclic) bond motifs is 1. The lowest BCUT2D eigenvalue weighted by Crippen LogP contribution is -2.48. The van der Waals surface area contributed by atoms with Crippen LogP contribution in [-0.2, 0) is 0 Å². The first-order chi connectivity index (χ1) is 12.4. The molecule has 1 amide bonds. The summed E-state index contributed by atoms with van der Waals surface area (Å²) in [5.74, 6) is 0.115. The molecule has 1 aliphatic heterocycles. The maximum Gasteiger partial charge on any atom is 0.265 e. The molecular weight excluding hydrogens is 364 g/mol. The molecule has 0 aliphatic carbocycles. The molecule has 5 nitrogen and oxygen atoms in total. The maximum absolute atomic E-state index is 12.8. The normalized spacial score (nSPS) is 15.1. The summed E-state index contributed by atoms with van der Waals surface area (Å²) in [5, 5.41) is 2.01. The molecule has 1 aromatic carbocycles. The lowest BCUT2D eigenvalue weighted by atomic mass is 10.1. The van der Waals surface area contributed by atoms with Gasteiger partial charge in [-0.15, -0.1) is 11.3 Å². The van der Waals surface area contributed by atoms with Gasteiger partial charge in [-0.2, -0.15) is 0 Å². The fourth-order valence-corrected chi connectivity index (χ4v) is 5.41. The summed E-state index contributed by atoms with van der Waals surface area (Å²) in [7, 11) is 0. The highest BCUT2D eigenvalue weighted by Gasteiger charge is 2.26. The van der Waals surface area contributed by atoms with Gasteiger partial charge in [0.2, 0.25) is 0 Å². The zero-order valence-electron chi connectivity index (χ0n) is 15.5. The van der Waals surface area contributed by atoms with Crippen LogP contribution in [0.1, 0.15) is 31.5 Å². The highest BCUT2D eigenvalue weighted by atomic mass is 32.1. The van der Waals surface area contributed by atoms with Crippen LogP contribution in [0.5, 0.6) is 0 Å². The van der Waals surface area contributed by atoms with E-state index in [4.69, 9.17) is 4.98 Å². The van der Waals surface area contributed by atoms with Crippen molar-refractivity contribution in [1.29, 1.82) is 0 Å². The number of thiazole rings is 2. The predicted molar refractivity (Wildman–Crippen MR) is 109 cm³/mol. The van der Waals surface area contributed by atoms with Crippen LogP contribution in [0.15, 0.2) is 12.1 Å². The summed E-state index contributed by atoms with van der Waals surface area (Å²) in [4.78, 5) is 27.1. The van der Waals surface area contributed by atoms with E-state index >= 15 is 0 Å². The zero-order valence-corrected chi connectivity index (χ0v) is 17.1. The Bertz CT molecular complexity index is 944. The minimum atomic E-state index is 0.115. The Labute approximate surface area is 161 Å². The van der Waals surface area contributed by atoms with Crippen molar-refractivity contribution < 1.29 is 4.79 Å². The van der Waals surface area contributed by atoms with E-state index in [0.717, 1.165) is 52.4 Å². The Morgan fingerprint density at radius 1 is 0.962 bits per heavy atom. The first kappa shape index (κ1) is 17.4. The Kier molecular flexibility index (Phi) is 4.44. The number of amides is 1. The Hall–Kier alpha value is -1.99. The summed E-state index contributed by atoms with van der Waals surface area (Å²) in [6, 6.07) is 4.30. The van der Waals surface area contributed by atoms with Crippen molar-refractivity contribution in [1.82, 2.24) is 14.9 Å². The number of aromatic nitrogens is 2. The molecule has 0 bridgehead atoms. The molecule has 1 saturated heterocycles. The third-order valence-corrected chi connectivity index (χ3v) is 7.18. The average Bonchev–Trinajstić information content (AvgIpc) is 3.22. The van der Waals surface area contributed by atoms with Crippen LogP contribution in [0.25, 0.3) is 10.2 Å². The minimum absolute atomic E-state index is 0.115. The SMILES string of the molecule is Cc1nc(C)c(C(=O)N2CCN(c3nc4c(C)ccc(C)c4s3)CC2)s1. The van der Waals surface area contributed by atoms with Crippen molar-refractivity contribution in [3.63, 3.8) is 0 Å². The first-order valence-electron chi connectivity index (χ1n) is 8.79. The number of benzene rings is 1. The first-order valence-corrected chi connectivity index (χ1v) is 10.4. The van der Waals surface area contributed by atoms with Crippen LogP contribution in [0.2, 0.25) is 0 Å². The summed E-state index contributed by atoms with van der Waals surface area (Å²) < 4.78 is 1.27. The molecule has 0 atom stereocenters. The van der Waals surface area contributed by atoms with Crippen LogP contribution in [-0.4, -0.2) is 47.0 Å². The van der Waals surface area contributed by atoms with Crippen molar-refractivity contribution in [2.45, 2.75) is 27.7 Å². The molecule has 0 unspecified atom stereocenters. The second-order valence-electron chi connectivity index (χ2n) is 6.80. The molecule has 0 spiro atoms. The van der Waals surface area contributed by atoms with E-state index in [0.29, 0.717) is 0 Å². The third kappa shape index (κ3) is 2.99. The van der Waals surface area contributed by atoms with Crippen molar-refractivity contribution in [3.05, 3.63) is 38.8 Å². The third-order valence-electron chi connectivity index (χ3n) is 4.87. The lowest BCUT2D eigenvalue weighted by Gasteiger charge is -2.34. The molecule has 1 aliphatic rings. The van der Waals surface area contributed by atoms with Gasteiger partial charge in [-0.3, -0.25) is 4.79 Å². The number of aryl methyl sites for hydroxylation is 4. The highest BCUT2D eigenvalue weighted by molar-refractivity contribution is 7.22. The van der Waals surface area contributed by atoms with E-state index in [9.17, 15) is 4.79 Å². The van der Waals surface area contributed by atoms with Crippen molar-refractivity contribution in [2.24, 2.45) is 0 Å². The smallest absolute Gasteiger partial charge is 0.265 e. The van der Waals surface area contributed by atoms with E-state index < -0.39 is 0 Å². The standard InChI is InChI=1S/C19H22N4OS2/c1-11-5-6-12(2)16-15(11)21-19(26-16)23-9-7-22(8-10-23)18(24)17-13(3)20-14(4)25-17/h5-6H,7-10H2,1-4H3. The minimum Gasteiger partial charge on any atom is -0.345 e. The highest BCUT2D eigenvalue weighted by Crippen LogP contribution is 2.33. The van der Waals surface area contributed by atoms with E-state index in [2.05, 4.69) is 35.9 Å². The molecule has 0 saturated carbocycles. The Morgan fingerprint density at radius 3 is 2.27 bits per heavy atom. The van der Waals surface area contributed by atoms with Crippen LogP contribution in [0, 0.1) is 27.7 Å². The number of piperazine rings is 1. The molecule has 136 valence electrons. The number of rotatable bonds is 2. The van der Waals surface area contributed by atoms with Crippen molar-refractivity contribution in [2.75, 3.05) is 31.1 Å². The maximum atomic E-state index is 12.8. The van der Waals surface area contributed by atoms with Gasteiger partial charge in [0.15, 0.2) is 5.13 Å². The topological polar surface area (TPSA) is 49.3 Å². The molecule has 0 radical (unpaired) electrons. The van der Waals surface area contributed by atoms with Crippen molar-refractivity contribution in [3.8, 4) is 0 Å².